The van der Waals surface area contributed by atoms with Crippen LogP contribution in [-0.4, -0.2) is 14.4 Å². The molecule has 2 aromatic carbocycles. The third-order valence-corrected chi connectivity index (χ3v) is 2.75. The van der Waals surface area contributed by atoms with E-state index in [-0.39, 0.29) is 0 Å². The summed E-state index contributed by atoms with van der Waals surface area (Å²) < 4.78 is 0. The molecule has 0 radical (unpaired) electrons. The Morgan fingerprint density at radius 2 is 1.44 bits per heavy atom. The zero-order chi connectivity index (χ0) is 11.2. The van der Waals surface area contributed by atoms with Crippen LogP contribution < -0.4 is 5.32 Å². The largest absolute Gasteiger partial charge is 0.385 e. The fraction of sp³-hybridized carbons (Fsp3) is 0.143. The van der Waals surface area contributed by atoms with E-state index in [0.29, 0.717) is 5.82 Å². The first-order valence-electron chi connectivity index (χ1n) is 5.70. The number of para-hydroxylation sites is 1. The topological polar surface area (TPSA) is 12.0 Å². The van der Waals surface area contributed by atoms with Crippen LogP contribution in [0.2, 0.25) is 0 Å². The molecule has 0 aromatic heterocycles. The minimum Gasteiger partial charge on any atom is -0.385 e. The summed E-state index contributed by atoms with van der Waals surface area (Å²) in [6.07, 6.45) is 0. The molecule has 0 fully saturated rings. The highest BCUT2D eigenvalue weighted by Crippen LogP contribution is 2.13. The fourth-order valence-corrected chi connectivity index (χ4v) is 1.73. The summed E-state index contributed by atoms with van der Waals surface area (Å²) in [5.41, 5.74) is 2.57. The second-order valence-corrected chi connectivity index (χ2v) is 4.06. The van der Waals surface area contributed by atoms with Gasteiger partial charge in [-0.15, -0.1) is 0 Å². The highest BCUT2D eigenvalue weighted by Gasteiger charge is 2.03. The van der Waals surface area contributed by atoms with Gasteiger partial charge in [0.15, 0.2) is 0 Å². The minimum absolute atomic E-state index is 0.529. The van der Waals surface area contributed by atoms with Crippen molar-refractivity contribution in [2.75, 3.05) is 11.9 Å². The van der Waals surface area contributed by atoms with Gasteiger partial charge in [0, 0.05) is 12.2 Å². The summed E-state index contributed by atoms with van der Waals surface area (Å²) in [6, 6.07) is 20.9. The number of nitrogens with one attached hydrogen (secondary N) is 1. The maximum absolute atomic E-state index is 3.44. The van der Waals surface area contributed by atoms with Crippen molar-refractivity contribution in [3.63, 3.8) is 0 Å². The predicted octanol–water partition coefficient (Wildman–Crippen LogP) is 2.47. The quantitative estimate of drug-likeness (QED) is 0.762. The minimum atomic E-state index is 0.529. The van der Waals surface area contributed by atoms with Gasteiger partial charge in [0.05, 0.1) is 0 Å². The van der Waals surface area contributed by atoms with Gasteiger partial charge in [-0.05, 0) is 17.9 Å². The third kappa shape index (κ3) is 2.90. The Labute approximate surface area is 97.9 Å². The van der Waals surface area contributed by atoms with Crippen molar-refractivity contribution in [3.8, 4) is 0 Å². The number of benzene rings is 2. The summed E-state index contributed by atoms with van der Waals surface area (Å²) in [5, 5.41) is 3.44. The zero-order valence-electron chi connectivity index (χ0n) is 9.56. The normalized spacial score (nSPS) is 12.0. The Bertz CT molecular complexity index is 413. The molecule has 0 spiro atoms. The summed E-state index contributed by atoms with van der Waals surface area (Å²) in [5.74, 6) is 0.529. The molecule has 16 heavy (non-hydrogen) atoms. The smallest absolute Gasteiger partial charge is 0.113 e. The lowest BCUT2D eigenvalue weighted by Crippen LogP contribution is -2.12. The van der Waals surface area contributed by atoms with Crippen molar-refractivity contribution in [1.82, 2.24) is 0 Å². The van der Waals surface area contributed by atoms with Gasteiger partial charge >= 0.3 is 0 Å². The van der Waals surface area contributed by atoms with Gasteiger partial charge in [0.2, 0.25) is 0 Å². The predicted molar refractivity (Wildman–Crippen MR) is 72.7 cm³/mol. The van der Waals surface area contributed by atoms with Crippen LogP contribution in [0.1, 0.15) is 11.4 Å². The van der Waals surface area contributed by atoms with Crippen LogP contribution in [0.25, 0.3) is 0 Å². The Morgan fingerprint density at radius 1 is 0.875 bits per heavy atom. The maximum Gasteiger partial charge on any atom is 0.113 e. The van der Waals surface area contributed by atoms with E-state index >= 15 is 0 Å². The molecule has 2 rings (SSSR count). The highest BCUT2D eigenvalue weighted by atomic mass is 14.9. The van der Waals surface area contributed by atoms with Crippen molar-refractivity contribution < 1.29 is 0 Å². The number of hydrogen-bond acceptors (Lipinski definition) is 1. The van der Waals surface area contributed by atoms with E-state index in [0.717, 1.165) is 6.54 Å². The molecule has 0 aliphatic heterocycles. The molecule has 0 aliphatic rings. The standard InChI is InChI=1S/C14H16BN/c15-14(12-7-3-1-4-8-12)11-16-13-9-5-2-6-10-13/h1-10,14,16H,11,15H2. The van der Waals surface area contributed by atoms with E-state index in [1.165, 1.54) is 11.3 Å². The van der Waals surface area contributed by atoms with Crippen molar-refractivity contribution in [2.24, 2.45) is 0 Å². The van der Waals surface area contributed by atoms with Crippen LogP contribution in [0.15, 0.2) is 60.7 Å². The number of rotatable bonds is 4. The van der Waals surface area contributed by atoms with Crippen LogP contribution >= 0.6 is 0 Å². The van der Waals surface area contributed by atoms with E-state index in [1.807, 2.05) is 6.07 Å². The van der Waals surface area contributed by atoms with E-state index in [2.05, 4.69) is 67.8 Å². The molecule has 80 valence electrons. The van der Waals surface area contributed by atoms with Crippen LogP contribution in [0.4, 0.5) is 5.69 Å². The molecule has 2 aromatic rings. The fourth-order valence-electron chi connectivity index (χ4n) is 1.73. The van der Waals surface area contributed by atoms with Crippen LogP contribution in [-0.2, 0) is 0 Å². The molecule has 1 nitrogen and oxygen atoms in total. The second kappa shape index (κ2) is 5.41. The molecular weight excluding hydrogens is 193 g/mol. The van der Waals surface area contributed by atoms with Crippen molar-refractivity contribution in [1.29, 1.82) is 0 Å². The maximum atomic E-state index is 3.44. The van der Waals surface area contributed by atoms with E-state index in [4.69, 9.17) is 0 Å². The molecule has 2 heteroatoms. The molecule has 1 N–H and O–H groups in total. The lowest BCUT2D eigenvalue weighted by atomic mass is 9.81. The lowest BCUT2D eigenvalue weighted by molar-refractivity contribution is 0.976. The van der Waals surface area contributed by atoms with E-state index in [9.17, 15) is 0 Å². The Balaban J connectivity index is 1.92. The monoisotopic (exact) mass is 209 g/mol. The average Bonchev–Trinajstić information content (AvgIpc) is 2.38. The molecule has 0 saturated heterocycles. The Hall–Kier alpha value is -1.70. The number of hydrogen-bond donors (Lipinski definition) is 1. The molecule has 0 heterocycles. The first-order valence-corrected chi connectivity index (χ1v) is 5.70. The molecule has 0 amide bonds. The third-order valence-electron chi connectivity index (χ3n) is 2.75. The van der Waals surface area contributed by atoms with Gasteiger partial charge in [0.25, 0.3) is 0 Å². The SMILES string of the molecule is BC(CNc1ccccc1)c1ccccc1. The van der Waals surface area contributed by atoms with Gasteiger partial charge in [0.1, 0.15) is 7.85 Å². The van der Waals surface area contributed by atoms with Crippen molar-refractivity contribution in [3.05, 3.63) is 66.2 Å². The van der Waals surface area contributed by atoms with Crippen molar-refractivity contribution >= 4 is 13.5 Å². The molecule has 0 aliphatic carbocycles. The van der Waals surface area contributed by atoms with Crippen LogP contribution in [0.5, 0.6) is 0 Å². The molecule has 1 unspecified atom stereocenters. The summed E-state index contributed by atoms with van der Waals surface area (Å²) in [7, 11) is 2.24. The van der Waals surface area contributed by atoms with Crippen molar-refractivity contribution in [2.45, 2.75) is 5.82 Å². The summed E-state index contributed by atoms with van der Waals surface area (Å²) in [6.45, 7) is 0.966. The van der Waals surface area contributed by atoms with Gasteiger partial charge in [-0.3, -0.25) is 0 Å². The van der Waals surface area contributed by atoms with Crippen LogP contribution in [0.3, 0.4) is 0 Å². The zero-order valence-corrected chi connectivity index (χ0v) is 9.56. The molecular formula is C14H16BN. The first kappa shape index (κ1) is 10.8. The van der Waals surface area contributed by atoms with E-state index < -0.39 is 0 Å². The van der Waals surface area contributed by atoms with E-state index in [1.54, 1.807) is 0 Å². The Morgan fingerprint density at radius 3 is 2.06 bits per heavy atom. The van der Waals surface area contributed by atoms with Gasteiger partial charge in [-0.1, -0.05) is 54.1 Å². The second-order valence-electron chi connectivity index (χ2n) is 4.06. The summed E-state index contributed by atoms with van der Waals surface area (Å²) in [4.78, 5) is 0. The number of anilines is 1. The van der Waals surface area contributed by atoms with Crippen LogP contribution in [0, 0.1) is 0 Å². The molecule has 1 atom stereocenters. The molecule has 0 bridgehead atoms. The summed E-state index contributed by atoms with van der Waals surface area (Å²) >= 11 is 0. The lowest BCUT2D eigenvalue weighted by Gasteiger charge is -2.13. The van der Waals surface area contributed by atoms with Gasteiger partial charge in [-0.2, -0.15) is 0 Å². The van der Waals surface area contributed by atoms with Gasteiger partial charge in [-0.25, -0.2) is 0 Å². The Kier molecular flexibility index (Phi) is 3.65. The first-order chi connectivity index (χ1) is 7.86. The van der Waals surface area contributed by atoms with Gasteiger partial charge < -0.3 is 5.32 Å². The molecule has 0 saturated carbocycles. The average molecular weight is 209 g/mol. The highest BCUT2D eigenvalue weighted by molar-refractivity contribution is 6.12.